The van der Waals surface area contributed by atoms with Crippen LogP contribution in [0, 0.1) is 0 Å². The lowest BCUT2D eigenvalue weighted by atomic mass is 9.68. The van der Waals surface area contributed by atoms with Gasteiger partial charge in [-0.2, -0.15) is 0 Å². The van der Waals surface area contributed by atoms with Gasteiger partial charge < -0.3 is 4.90 Å². The Morgan fingerprint density at radius 1 is 0.342 bits per heavy atom. The fraction of sp³-hybridized carbons (Fsp3) is 0.231. The summed E-state index contributed by atoms with van der Waals surface area (Å²) in [5, 5.41) is 0. The van der Waals surface area contributed by atoms with E-state index in [0.717, 1.165) is 5.69 Å². The highest BCUT2D eigenvalue weighted by Gasteiger charge is 2.53. The molecule has 0 radical (unpaired) electrons. The van der Waals surface area contributed by atoms with E-state index >= 15 is 0 Å². The summed E-state index contributed by atoms with van der Waals surface area (Å²) in [4.78, 5) is 2.62. The van der Waals surface area contributed by atoms with Crippen molar-refractivity contribution in [2.45, 2.75) is 115 Å². The van der Waals surface area contributed by atoms with Crippen LogP contribution in [0.1, 0.15) is 143 Å². The Bertz CT molecular complexity index is 4090. The Hall–Kier alpha value is -8.00. The highest BCUT2D eigenvalue weighted by atomic mass is 15.1. The van der Waals surface area contributed by atoms with Gasteiger partial charge in [0, 0.05) is 27.8 Å². The van der Waals surface area contributed by atoms with Crippen molar-refractivity contribution in [3.8, 4) is 66.8 Å². The molecule has 0 unspecified atom stereocenters. The number of benzene rings is 10. The molecule has 0 aliphatic heterocycles. The molecule has 5 aliphatic rings. The van der Waals surface area contributed by atoms with E-state index in [1.54, 1.807) is 0 Å². The van der Waals surface area contributed by atoms with Crippen LogP contribution in [0.25, 0.3) is 66.8 Å². The van der Waals surface area contributed by atoms with Gasteiger partial charge in [0.1, 0.15) is 0 Å². The van der Waals surface area contributed by atoms with Crippen LogP contribution >= 0.6 is 0 Å². The van der Waals surface area contributed by atoms with Crippen LogP contribution in [0.15, 0.2) is 212 Å². The molecular weight excluding hydrogens is 951 g/mol. The van der Waals surface area contributed by atoms with E-state index in [1.807, 2.05) is 0 Å². The average Bonchev–Trinajstić information content (AvgIpc) is 1.94. The molecule has 0 heterocycles. The zero-order chi connectivity index (χ0) is 53.8. The van der Waals surface area contributed by atoms with Gasteiger partial charge in [0.2, 0.25) is 0 Å². The molecule has 1 saturated carbocycles. The molecule has 0 amide bonds. The maximum atomic E-state index is 2.62. The van der Waals surface area contributed by atoms with Gasteiger partial charge in [-0.1, -0.05) is 257 Å². The summed E-state index contributed by atoms with van der Waals surface area (Å²) in [6.07, 6.45) is 6.18. The van der Waals surface area contributed by atoms with Crippen molar-refractivity contribution in [2.24, 2.45) is 0 Å². The number of rotatable bonds is 5. The van der Waals surface area contributed by atoms with Crippen molar-refractivity contribution in [3.05, 3.63) is 268 Å². The van der Waals surface area contributed by atoms with Crippen molar-refractivity contribution in [1.82, 2.24) is 0 Å². The number of nitrogens with zero attached hydrogens (tertiary/aromatic N) is 1. The molecule has 0 N–H and O–H groups in total. The van der Waals surface area contributed by atoms with E-state index in [9.17, 15) is 0 Å². The molecular formula is C78H69N. The molecule has 10 aromatic carbocycles. The topological polar surface area (TPSA) is 3.24 Å². The summed E-state index contributed by atoms with van der Waals surface area (Å²) in [5.41, 5.74) is 32.8. The van der Waals surface area contributed by atoms with E-state index in [2.05, 4.69) is 273 Å². The summed E-state index contributed by atoms with van der Waals surface area (Å²) < 4.78 is 0. The summed E-state index contributed by atoms with van der Waals surface area (Å²) in [6.45, 7) is 18.9. The van der Waals surface area contributed by atoms with Crippen LogP contribution < -0.4 is 4.90 Å². The maximum absolute atomic E-state index is 2.62. The number of hydrogen-bond acceptors (Lipinski definition) is 1. The number of hydrogen-bond donors (Lipinski definition) is 0. The predicted molar refractivity (Wildman–Crippen MR) is 333 cm³/mol. The van der Waals surface area contributed by atoms with Crippen LogP contribution in [0.4, 0.5) is 17.1 Å². The minimum Gasteiger partial charge on any atom is -0.310 e. The zero-order valence-corrected chi connectivity index (χ0v) is 47.2. The first-order chi connectivity index (χ1) is 38.2. The Kier molecular flexibility index (Phi) is 10.4. The van der Waals surface area contributed by atoms with Crippen molar-refractivity contribution in [2.75, 3.05) is 4.90 Å². The number of fused-ring (bicyclic) bond motifs is 18. The summed E-state index contributed by atoms with van der Waals surface area (Å²) >= 11 is 0. The van der Waals surface area contributed by atoms with Gasteiger partial charge in [0.15, 0.2) is 0 Å². The monoisotopic (exact) mass is 1020 g/mol. The molecule has 1 nitrogen and oxygen atoms in total. The van der Waals surface area contributed by atoms with Gasteiger partial charge in [-0.05, 0) is 171 Å². The molecule has 0 bridgehead atoms. The van der Waals surface area contributed by atoms with Crippen molar-refractivity contribution in [1.29, 1.82) is 0 Å². The Labute approximate surface area is 468 Å². The normalized spacial score (nSPS) is 16.2. The minimum atomic E-state index is -0.502. The fourth-order valence-corrected chi connectivity index (χ4v) is 15.9. The molecule has 2 spiro atoms. The third kappa shape index (κ3) is 6.75. The molecule has 0 aromatic heterocycles. The van der Waals surface area contributed by atoms with Crippen LogP contribution in [0.3, 0.4) is 0 Å². The van der Waals surface area contributed by atoms with E-state index < -0.39 is 5.41 Å². The molecule has 79 heavy (non-hydrogen) atoms. The first-order valence-electron chi connectivity index (χ1n) is 29.2. The average molecular weight is 1020 g/mol. The third-order valence-electron chi connectivity index (χ3n) is 19.6. The molecule has 386 valence electrons. The minimum absolute atomic E-state index is 0.00187. The second-order valence-corrected chi connectivity index (χ2v) is 26.3. The van der Waals surface area contributed by atoms with Crippen molar-refractivity contribution < 1.29 is 0 Å². The van der Waals surface area contributed by atoms with Crippen LogP contribution in [0.2, 0.25) is 0 Å². The first kappa shape index (κ1) is 48.2. The fourth-order valence-electron chi connectivity index (χ4n) is 15.9. The van der Waals surface area contributed by atoms with Crippen molar-refractivity contribution in [3.63, 3.8) is 0 Å². The Morgan fingerprint density at radius 2 is 0.823 bits per heavy atom. The van der Waals surface area contributed by atoms with Crippen molar-refractivity contribution >= 4 is 17.1 Å². The lowest BCUT2D eigenvalue weighted by Crippen LogP contribution is -2.28. The predicted octanol–water partition coefficient (Wildman–Crippen LogP) is 21.0. The van der Waals surface area contributed by atoms with Gasteiger partial charge in [-0.15, -0.1) is 0 Å². The molecule has 0 saturated heterocycles. The first-order valence-corrected chi connectivity index (χ1v) is 29.2. The molecule has 1 heteroatoms. The second-order valence-electron chi connectivity index (χ2n) is 26.3. The lowest BCUT2D eigenvalue weighted by molar-refractivity contribution is 0.353. The highest BCUT2D eigenvalue weighted by Crippen LogP contribution is 2.66. The molecule has 10 aromatic rings. The molecule has 15 rings (SSSR count). The van der Waals surface area contributed by atoms with E-state index in [4.69, 9.17) is 0 Å². The number of anilines is 3. The zero-order valence-electron chi connectivity index (χ0n) is 47.2. The largest absolute Gasteiger partial charge is 0.310 e. The standard InChI is InChI=1S/C78H69N/c1-74(2,3)50-36-42-67-62(46-50)63-47-51(75(4,5)6)37-43-68(63)78(67)66-31-17-14-26-61(66)72-69(78)32-21-33-71(72)79(53-40-41-58-56-24-13-16-30-65(56)77(70(58)48-53)44-18-9-19-45-77)52-38-34-49(35-39-52)54-22-10-11-23-55(54)59-27-20-28-60-57-25-12-15-29-64(57)76(7,8)73(59)60/h10-17,20-43,46-48H,9,18-19,44-45H2,1-8H3. The van der Waals surface area contributed by atoms with E-state index in [-0.39, 0.29) is 21.7 Å². The summed E-state index contributed by atoms with van der Waals surface area (Å²) in [7, 11) is 0. The summed E-state index contributed by atoms with van der Waals surface area (Å²) in [6, 6.07) is 82.9. The lowest BCUT2D eigenvalue weighted by Gasteiger charge is -2.37. The van der Waals surface area contributed by atoms with Gasteiger partial charge in [-0.3, -0.25) is 0 Å². The quantitative estimate of drug-likeness (QED) is 0.166. The van der Waals surface area contributed by atoms with Gasteiger partial charge in [0.25, 0.3) is 0 Å². The van der Waals surface area contributed by atoms with Crippen LogP contribution in [-0.4, -0.2) is 0 Å². The third-order valence-corrected chi connectivity index (χ3v) is 19.6. The SMILES string of the molecule is CC(C)(C)c1ccc2c(c1)-c1cc(C(C)(C)C)ccc1C21c2ccccc2-c2c(N(c3ccc(-c4ccccc4-c4cccc5c4C(C)(C)c4ccccc4-5)cc3)c3ccc4c(c3)C3(CCCCC3)c3ccccc3-4)cccc21. The molecule has 1 fully saturated rings. The smallest absolute Gasteiger partial charge is 0.0726 e. The maximum Gasteiger partial charge on any atom is 0.0726 e. The van der Waals surface area contributed by atoms with Gasteiger partial charge in [0.05, 0.1) is 11.1 Å². The van der Waals surface area contributed by atoms with Crippen LogP contribution in [-0.2, 0) is 27.1 Å². The van der Waals surface area contributed by atoms with E-state index in [1.165, 1.54) is 166 Å². The van der Waals surface area contributed by atoms with Gasteiger partial charge in [-0.25, -0.2) is 0 Å². The van der Waals surface area contributed by atoms with Gasteiger partial charge >= 0.3 is 0 Å². The Balaban J connectivity index is 0.949. The molecule has 5 aliphatic carbocycles. The highest BCUT2D eigenvalue weighted by molar-refractivity contribution is 6.02. The molecule has 0 atom stereocenters. The second kappa shape index (κ2) is 17.0. The Morgan fingerprint density at radius 3 is 1.47 bits per heavy atom. The summed E-state index contributed by atoms with van der Waals surface area (Å²) in [5.74, 6) is 0. The van der Waals surface area contributed by atoms with E-state index in [0.29, 0.717) is 0 Å². The van der Waals surface area contributed by atoms with Crippen LogP contribution in [0.5, 0.6) is 0 Å².